The third-order valence-electron chi connectivity index (χ3n) is 2.98. The molecule has 98 valence electrons. The Morgan fingerprint density at radius 1 is 1.05 bits per heavy atom. The van der Waals surface area contributed by atoms with Crippen molar-refractivity contribution in [3.05, 3.63) is 70.6 Å². The lowest BCUT2D eigenvalue weighted by atomic mass is 10.0. The number of aliphatic imine (C=N–C) groups is 1. The van der Waals surface area contributed by atoms with Gasteiger partial charge in [-0.05, 0) is 24.2 Å². The van der Waals surface area contributed by atoms with Crippen molar-refractivity contribution in [1.82, 2.24) is 0 Å². The fraction of sp³-hybridized carbons (Fsp3) is 0.167. The first-order valence-corrected chi connectivity index (χ1v) is 6.88. The maximum atomic E-state index is 5.81. The summed E-state index contributed by atoms with van der Waals surface area (Å²) in [6.07, 6.45) is 3.20. The van der Waals surface area contributed by atoms with Gasteiger partial charge < -0.3 is 0 Å². The molecule has 2 aromatic rings. The Bertz CT molecular complexity index is 711. The molecule has 0 amide bonds. The minimum atomic E-state index is 0.565. The van der Waals surface area contributed by atoms with E-state index in [2.05, 4.69) is 42.3 Å². The highest BCUT2D eigenvalue weighted by atomic mass is 14.7. The van der Waals surface area contributed by atoms with E-state index in [1.165, 1.54) is 5.22 Å². The van der Waals surface area contributed by atoms with Crippen LogP contribution in [0.3, 0.4) is 0 Å². The molecule has 0 aromatic heterocycles. The Labute approximate surface area is 121 Å². The van der Waals surface area contributed by atoms with Crippen molar-refractivity contribution in [3.8, 4) is 0 Å². The van der Waals surface area contributed by atoms with E-state index in [9.17, 15) is 0 Å². The summed E-state index contributed by atoms with van der Waals surface area (Å²) < 4.78 is 0. The van der Waals surface area contributed by atoms with Crippen LogP contribution in [0, 0.1) is 0 Å². The van der Waals surface area contributed by atoms with Crippen LogP contribution < -0.4 is 10.4 Å². The molecule has 0 atom stereocenters. The van der Waals surface area contributed by atoms with Crippen LogP contribution in [0.4, 0.5) is 0 Å². The molecule has 2 aromatic carbocycles. The van der Waals surface area contributed by atoms with Gasteiger partial charge in [0, 0.05) is 10.8 Å². The summed E-state index contributed by atoms with van der Waals surface area (Å²) >= 11 is 0. The maximum Gasteiger partial charge on any atom is 0.135 e. The molecule has 0 spiro atoms. The molecule has 1 nitrogen and oxygen atoms in total. The average molecular weight is 259 g/mol. The van der Waals surface area contributed by atoms with Crippen molar-refractivity contribution in [2.45, 2.75) is 20.3 Å². The fourth-order valence-corrected chi connectivity index (χ4v) is 2.16. The quantitative estimate of drug-likeness (QED) is 0.593. The number of benzene rings is 2. The van der Waals surface area contributed by atoms with E-state index < -0.39 is 0 Å². The Morgan fingerprint density at radius 3 is 2.35 bits per heavy atom. The maximum absolute atomic E-state index is 5.81. The molecule has 0 aliphatic carbocycles. The highest BCUT2D eigenvalue weighted by Gasteiger charge is 2.01. The van der Waals surface area contributed by atoms with Crippen LogP contribution in [0.2, 0.25) is 0 Å². The van der Waals surface area contributed by atoms with Gasteiger partial charge in [0.15, 0.2) is 0 Å². The molecule has 0 heterocycles. The van der Waals surface area contributed by atoms with Crippen molar-refractivity contribution in [2.75, 3.05) is 0 Å². The predicted octanol–water partition coefficient (Wildman–Crippen LogP) is 2.62. The Balaban J connectivity index is 2.85. The summed E-state index contributed by atoms with van der Waals surface area (Å²) in [7, 11) is 5.81. The first-order chi connectivity index (χ1) is 9.72. The number of hydrogen-bond acceptors (Lipinski definition) is 1. The van der Waals surface area contributed by atoms with Gasteiger partial charge >= 0.3 is 0 Å². The lowest BCUT2D eigenvalue weighted by Crippen LogP contribution is -2.26. The molecule has 0 N–H and O–H groups in total. The third-order valence-corrected chi connectivity index (χ3v) is 2.98. The fourth-order valence-electron chi connectivity index (χ4n) is 2.16. The van der Waals surface area contributed by atoms with Gasteiger partial charge in [-0.2, -0.15) is 0 Å². The predicted molar refractivity (Wildman–Crippen MR) is 88.3 cm³/mol. The number of nitrogens with zero attached hydrogens (tertiary/aromatic N) is 1. The van der Waals surface area contributed by atoms with Gasteiger partial charge in [0.05, 0.1) is 5.70 Å². The second kappa shape index (κ2) is 6.90. The van der Waals surface area contributed by atoms with E-state index >= 15 is 0 Å². The zero-order valence-electron chi connectivity index (χ0n) is 12.0. The first-order valence-electron chi connectivity index (χ1n) is 6.88. The van der Waals surface area contributed by atoms with Crippen molar-refractivity contribution in [1.29, 1.82) is 0 Å². The Hall–Kier alpha value is -2.09. The first kappa shape index (κ1) is 14.3. The molecule has 2 heteroatoms. The topological polar surface area (TPSA) is 12.4 Å². The van der Waals surface area contributed by atoms with E-state index in [4.69, 9.17) is 7.85 Å². The van der Waals surface area contributed by atoms with Crippen LogP contribution in [0.25, 0.3) is 11.8 Å². The largest absolute Gasteiger partial charge is 0.268 e. The summed E-state index contributed by atoms with van der Waals surface area (Å²) in [5, 5.41) is 2.31. The Kier molecular flexibility index (Phi) is 4.94. The third kappa shape index (κ3) is 3.48. The molecule has 2 radical (unpaired) electrons. The van der Waals surface area contributed by atoms with Crippen molar-refractivity contribution in [3.63, 3.8) is 0 Å². The highest BCUT2D eigenvalue weighted by molar-refractivity contribution is 6.59. The second-order valence-electron chi connectivity index (χ2n) is 4.67. The number of hydrogen-bond donors (Lipinski definition) is 0. The zero-order valence-corrected chi connectivity index (χ0v) is 12.0. The van der Waals surface area contributed by atoms with E-state index in [0.717, 1.165) is 22.9 Å². The van der Waals surface area contributed by atoms with Gasteiger partial charge in [-0.15, -0.1) is 0 Å². The molecule has 2 rings (SSSR count). The zero-order chi connectivity index (χ0) is 14.4. The van der Waals surface area contributed by atoms with Gasteiger partial charge in [-0.1, -0.05) is 67.6 Å². The summed E-state index contributed by atoms with van der Waals surface area (Å²) in [6, 6.07) is 18.4. The summed E-state index contributed by atoms with van der Waals surface area (Å²) in [4.78, 5) is 4.55. The highest BCUT2D eigenvalue weighted by Crippen LogP contribution is 2.11. The smallest absolute Gasteiger partial charge is 0.135 e. The molecule has 0 fully saturated rings. The minimum Gasteiger partial charge on any atom is -0.268 e. The molecule has 0 bridgehead atoms. The standard InChI is InChI=1S/C18H18BN/c1-3-9-15-10-7-8-13-17(15)18(20-14(2)19)16-11-5-4-6-12-16/h4-13H,3H2,1-2H3/b15-9+,18-17-,20-14?. The molecular formula is C18H18BN. The second-order valence-corrected chi connectivity index (χ2v) is 4.67. The lowest BCUT2D eigenvalue weighted by molar-refractivity contribution is 1.27. The van der Waals surface area contributed by atoms with Crippen LogP contribution in [0.5, 0.6) is 0 Å². The Morgan fingerprint density at radius 2 is 1.70 bits per heavy atom. The summed E-state index contributed by atoms with van der Waals surface area (Å²) in [5.41, 5.74) is 2.57. The molecule has 20 heavy (non-hydrogen) atoms. The summed E-state index contributed by atoms with van der Waals surface area (Å²) in [5.74, 6) is 0. The summed E-state index contributed by atoms with van der Waals surface area (Å²) in [6.45, 7) is 3.95. The van der Waals surface area contributed by atoms with Crippen molar-refractivity contribution in [2.24, 2.45) is 4.99 Å². The van der Waals surface area contributed by atoms with Crippen LogP contribution >= 0.6 is 0 Å². The minimum absolute atomic E-state index is 0.565. The normalized spacial score (nSPS) is 14.3. The SMILES string of the molecule is [B]C(C)=N/C(c1ccccc1)=c1/cccc/c1=C\CC. The molecule has 0 aliphatic rings. The van der Waals surface area contributed by atoms with Crippen LogP contribution in [0.15, 0.2) is 59.6 Å². The van der Waals surface area contributed by atoms with Gasteiger partial charge in [0.25, 0.3) is 0 Å². The average Bonchev–Trinajstić information content (AvgIpc) is 2.47. The van der Waals surface area contributed by atoms with E-state index in [-0.39, 0.29) is 0 Å². The van der Waals surface area contributed by atoms with Crippen LogP contribution in [0.1, 0.15) is 25.8 Å². The molecule has 0 saturated carbocycles. The van der Waals surface area contributed by atoms with Crippen LogP contribution in [-0.2, 0) is 0 Å². The van der Waals surface area contributed by atoms with Gasteiger partial charge in [0.1, 0.15) is 7.85 Å². The van der Waals surface area contributed by atoms with Crippen molar-refractivity contribution >= 4 is 25.2 Å². The van der Waals surface area contributed by atoms with E-state index in [1.807, 2.05) is 37.3 Å². The lowest BCUT2D eigenvalue weighted by Gasteiger charge is -2.05. The van der Waals surface area contributed by atoms with Crippen LogP contribution in [-0.4, -0.2) is 13.5 Å². The van der Waals surface area contributed by atoms with Gasteiger partial charge in [-0.3, -0.25) is 4.99 Å². The molecule has 0 saturated heterocycles. The van der Waals surface area contributed by atoms with Crippen molar-refractivity contribution < 1.29 is 0 Å². The molecular weight excluding hydrogens is 241 g/mol. The number of rotatable bonds is 3. The molecule has 0 aliphatic heterocycles. The van der Waals surface area contributed by atoms with E-state index in [1.54, 1.807) is 0 Å². The monoisotopic (exact) mass is 259 g/mol. The van der Waals surface area contributed by atoms with E-state index in [0.29, 0.717) is 5.61 Å². The molecule has 0 unspecified atom stereocenters. The van der Waals surface area contributed by atoms with Gasteiger partial charge in [0.2, 0.25) is 0 Å². The van der Waals surface area contributed by atoms with Gasteiger partial charge in [-0.25, -0.2) is 0 Å².